The number of nitrogens with one attached hydrogen (secondary N) is 1. The first kappa shape index (κ1) is 22.6. The Morgan fingerprint density at radius 3 is 2.30 bits per heavy atom. The van der Waals surface area contributed by atoms with Crippen LogP contribution in [0.4, 0.5) is 0 Å². The van der Waals surface area contributed by atoms with Gasteiger partial charge in [0.1, 0.15) is 0 Å². The number of carbonyl (C=O) groups excluding carboxylic acids is 1. The van der Waals surface area contributed by atoms with E-state index in [1.54, 1.807) is 29.1 Å². The molecule has 1 atom stereocenters. The van der Waals surface area contributed by atoms with E-state index in [1.165, 1.54) is 12.1 Å². The number of amides is 1. The molecule has 0 saturated heterocycles. The van der Waals surface area contributed by atoms with Crippen LogP contribution in [0.5, 0.6) is 0 Å². The Kier molecular flexibility index (Phi) is 6.01. The van der Waals surface area contributed by atoms with Crippen LogP contribution < -0.4 is 10.5 Å². The first-order chi connectivity index (χ1) is 15.6. The van der Waals surface area contributed by atoms with Crippen molar-refractivity contribution in [3.63, 3.8) is 0 Å². The van der Waals surface area contributed by atoms with Crippen LogP contribution in [0.25, 0.3) is 22.3 Å². The Morgan fingerprint density at radius 1 is 1.03 bits per heavy atom. The zero-order valence-corrected chi connectivity index (χ0v) is 19.4. The molecule has 9 heteroatoms. The lowest BCUT2D eigenvalue weighted by Gasteiger charge is -2.16. The fourth-order valence-electron chi connectivity index (χ4n) is 3.64. The van der Waals surface area contributed by atoms with Gasteiger partial charge in [0.05, 0.1) is 33.8 Å². The molecule has 0 radical (unpaired) electrons. The number of sulfonamides is 1. The van der Waals surface area contributed by atoms with Gasteiger partial charge in [-0.05, 0) is 44.5 Å². The van der Waals surface area contributed by atoms with Gasteiger partial charge in [-0.25, -0.2) is 23.2 Å². The monoisotopic (exact) mass is 463 g/mol. The van der Waals surface area contributed by atoms with Gasteiger partial charge in [0, 0.05) is 11.6 Å². The normalized spacial score (nSPS) is 12.8. The van der Waals surface area contributed by atoms with E-state index in [9.17, 15) is 13.2 Å². The minimum absolute atomic E-state index is 0.0224. The van der Waals surface area contributed by atoms with E-state index in [-0.39, 0.29) is 22.9 Å². The molecule has 170 valence electrons. The first-order valence-corrected chi connectivity index (χ1v) is 12.1. The summed E-state index contributed by atoms with van der Waals surface area (Å²) in [6, 6.07) is 17.3. The molecule has 0 spiro atoms. The molecule has 0 aliphatic rings. The van der Waals surface area contributed by atoms with Gasteiger partial charge < -0.3 is 5.32 Å². The number of carbonyl (C=O) groups is 1. The number of rotatable bonds is 6. The van der Waals surface area contributed by atoms with Crippen molar-refractivity contribution in [2.24, 2.45) is 5.14 Å². The van der Waals surface area contributed by atoms with Crippen LogP contribution in [0.1, 0.15) is 48.8 Å². The average molecular weight is 464 g/mol. The van der Waals surface area contributed by atoms with Gasteiger partial charge in [-0.1, -0.05) is 42.5 Å². The number of pyridine rings is 1. The molecule has 33 heavy (non-hydrogen) atoms. The van der Waals surface area contributed by atoms with E-state index < -0.39 is 10.0 Å². The third-order valence-electron chi connectivity index (χ3n) is 5.43. The molecule has 0 unspecified atom stereocenters. The standard InChI is InChI=1S/C24H25N5O3S/c1-15(2)29-23-21(14-26-29)20(13-22(28-23)18-7-5-4-6-8-18)24(30)27-16(3)17-9-11-19(12-10-17)33(25,31)32/h4-16H,1-3H3,(H,27,30)(H2,25,31,32)/t16-/m1/s1. The van der Waals surface area contributed by atoms with Crippen LogP contribution >= 0.6 is 0 Å². The number of nitrogens with two attached hydrogens (primary N) is 1. The van der Waals surface area contributed by atoms with E-state index in [1.807, 2.05) is 51.1 Å². The summed E-state index contributed by atoms with van der Waals surface area (Å²) in [4.78, 5) is 18.2. The summed E-state index contributed by atoms with van der Waals surface area (Å²) in [5.74, 6) is -0.272. The van der Waals surface area contributed by atoms with Crippen molar-refractivity contribution in [2.75, 3.05) is 0 Å². The second-order valence-corrected chi connectivity index (χ2v) is 9.71. The molecule has 2 heterocycles. The van der Waals surface area contributed by atoms with Crippen molar-refractivity contribution in [3.05, 3.63) is 78.0 Å². The van der Waals surface area contributed by atoms with Crippen molar-refractivity contribution in [1.29, 1.82) is 0 Å². The van der Waals surface area contributed by atoms with Crippen molar-refractivity contribution in [3.8, 4) is 11.3 Å². The van der Waals surface area contributed by atoms with Gasteiger partial charge in [0.2, 0.25) is 10.0 Å². The summed E-state index contributed by atoms with van der Waals surface area (Å²) in [5, 5.41) is 13.3. The molecular formula is C24H25N5O3S. The Bertz CT molecular complexity index is 1410. The predicted octanol–water partition coefficient (Wildman–Crippen LogP) is 3.82. The van der Waals surface area contributed by atoms with Crippen LogP contribution in [0.3, 0.4) is 0 Å². The van der Waals surface area contributed by atoms with Gasteiger partial charge in [-0.15, -0.1) is 0 Å². The van der Waals surface area contributed by atoms with E-state index >= 15 is 0 Å². The summed E-state index contributed by atoms with van der Waals surface area (Å²) in [5.41, 5.74) is 3.44. The average Bonchev–Trinajstić information content (AvgIpc) is 3.23. The van der Waals surface area contributed by atoms with Crippen LogP contribution in [0.15, 0.2) is 71.8 Å². The molecule has 0 fully saturated rings. The predicted molar refractivity (Wildman–Crippen MR) is 127 cm³/mol. The summed E-state index contributed by atoms with van der Waals surface area (Å²) in [7, 11) is -3.78. The second-order valence-electron chi connectivity index (χ2n) is 8.15. The molecule has 0 saturated carbocycles. The van der Waals surface area contributed by atoms with Gasteiger partial charge in [-0.2, -0.15) is 5.10 Å². The van der Waals surface area contributed by atoms with Crippen LogP contribution in [0, 0.1) is 0 Å². The highest BCUT2D eigenvalue weighted by Gasteiger charge is 2.20. The SMILES string of the molecule is CC(C)n1ncc2c(C(=O)N[C@H](C)c3ccc(S(N)(=O)=O)cc3)cc(-c3ccccc3)nc21. The van der Waals surface area contributed by atoms with Crippen molar-refractivity contribution < 1.29 is 13.2 Å². The molecular weight excluding hydrogens is 438 g/mol. The molecule has 0 aliphatic heterocycles. The van der Waals surface area contributed by atoms with Crippen LogP contribution in [-0.2, 0) is 10.0 Å². The smallest absolute Gasteiger partial charge is 0.252 e. The van der Waals surface area contributed by atoms with Crippen LogP contribution in [0.2, 0.25) is 0 Å². The van der Waals surface area contributed by atoms with Crippen LogP contribution in [-0.4, -0.2) is 29.1 Å². The lowest BCUT2D eigenvalue weighted by atomic mass is 10.0. The van der Waals surface area contributed by atoms with E-state index in [0.717, 1.165) is 11.1 Å². The molecule has 4 rings (SSSR count). The maximum absolute atomic E-state index is 13.3. The fourth-order valence-corrected chi connectivity index (χ4v) is 4.16. The Morgan fingerprint density at radius 2 is 1.70 bits per heavy atom. The summed E-state index contributed by atoms with van der Waals surface area (Å²) >= 11 is 0. The fraction of sp³-hybridized carbons (Fsp3) is 0.208. The third-order valence-corrected chi connectivity index (χ3v) is 6.36. The number of benzene rings is 2. The van der Waals surface area contributed by atoms with Gasteiger partial charge in [-0.3, -0.25) is 4.79 Å². The highest BCUT2D eigenvalue weighted by Crippen LogP contribution is 2.27. The molecule has 0 aliphatic carbocycles. The third kappa shape index (κ3) is 4.64. The highest BCUT2D eigenvalue weighted by atomic mass is 32.2. The van der Waals surface area contributed by atoms with E-state index in [2.05, 4.69) is 10.4 Å². The van der Waals surface area contributed by atoms with Crippen molar-refractivity contribution in [2.45, 2.75) is 37.8 Å². The number of hydrogen-bond donors (Lipinski definition) is 2. The largest absolute Gasteiger partial charge is 0.345 e. The number of aromatic nitrogens is 3. The Labute approximate surface area is 192 Å². The van der Waals surface area contributed by atoms with Crippen molar-refractivity contribution >= 4 is 27.0 Å². The molecule has 1 amide bonds. The number of hydrogen-bond acceptors (Lipinski definition) is 5. The lowest BCUT2D eigenvalue weighted by molar-refractivity contribution is 0.0941. The number of nitrogens with zero attached hydrogens (tertiary/aromatic N) is 3. The molecule has 8 nitrogen and oxygen atoms in total. The quantitative estimate of drug-likeness (QED) is 0.450. The van der Waals surface area contributed by atoms with Gasteiger partial charge >= 0.3 is 0 Å². The highest BCUT2D eigenvalue weighted by molar-refractivity contribution is 7.89. The molecule has 4 aromatic rings. The topological polar surface area (TPSA) is 120 Å². The minimum atomic E-state index is -3.78. The molecule has 2 aromatic carbocycles. The van der Waals surface area contributed by atoms with Crippen molar-refractivity contribution in [1.82, 2.24) is 20.1 Å². The van der Waals surface area contributed by atoms with Gasteiger partial charge in [0.25, 0.3) is 5.91 Å². The second kappa shape index (κ2) is 8.76. The number of fused-ring (bicyclic) bond motifs is 1. The minimum Gasteiger partial charge on any atom is -0.345 e. The first-order valence-electron chi connectivity index (χ1n) is 10.5. The molecule has 3 N–H and O–H groups in total. The summed E-state index contributed by atoms with van der Waals surface area (Å²) in [6.07, 6.45) is 1.66. The maximum atomic E-state index is 13.3. The van der Waals surface area contributed by atoms with E-state index in [4.69, 9.17) is 10.1 Å². The summed E-state index contributed by atoms with van der Waals surface area (Å²) < 4.78 is 24.8. The zero-order chi connectivity index (χ0) is 23.8. The molecule has 0 bridgehead atoms. The van der Waals surface area contributed by atoms with Gasteiger partial charge in [0.15, 0.2) is 5.65 Å². The molecule has 2 aromatic heterocycles. The maximum Gasteiger partial charge on any atom is 0.252 e. The Hall–Kier alpha value is -3.56. The van der Waals surface area contributed by atoms with E-state index in [0.29, 0.717) is 22.3 Å². The zero-order valence-electron chi connectivity index (χ0n) is 18.6. The lowest BCUT2D eigenvalue weighted by Crippen LogP contribution is -2.27. The number of primary sulfonamides is 1. The summed E-state index contributed by atoms with van der Waals surface area (Å²) in [6.45, 7) is 5.85. The Balaban J connectivity index is 1.71.